The van der Waals surface area contributed by atoms with E-state index in [2.05, 4.69) is 15.5 Å². The first-order chi connectivity index (χ1) is 8.56. The Labute approximate surface area is 103 Å². The van der Waals surface area contributed by atoms with E-state index in [9.17, 15) is 13.6 Å². The van der Waals surface area contributed by atoms with Gasteiger partial charge in [0.2, 0.25) is 5.91 Å². The zero-order valence-corrected chi connectivity index (χ0v) is 9.94. The average molecular weight is 256 g/mol. The van der Waals surface area contributed by atoms with Crippen molar-refractivity contribution in [2.45, 2.75) is 13.3 Å². The number of carbonyl (C=O) groups excluding carboxylic acids is 1. The van der Waals surface area contributed by atoms with Crippen LogP contribution in [0.3, 0.4) is 0 Å². The molecule has 1 aliphatic heterocycles. The van der Waals surface area contributed by atoms with E-state index in [1.54, 1.807) is 0 Å². The highest BCUT2D eigenvalue weighted by Gasteiger charge is 2.33. The third-order valence-electron chi connectivity index (χ3n) is 2.79. The topological polar surface area (TPSA) is 58.1 Å². The molecule has 2 rings (SSSR count). The zero-order chi connectivity index (χ0) is 13.1. The van der Waals surface area contributed by atoms with Gasteiger partial charge in [-0.05, 0) is 19.1 Å². The van der Waals surface area contributed by atoms with E-state index in [4.69, 9.17) is 0 Å². The second-order valence-corrected chi connectivity index (χ2v) is 4.27. The Morgan fingerprint density at radius 1 is 1.50 bits per heavy atom. The second-order valence-electron chi connectivity index (χ2n) is 4.27. The zero-order valence-electron chi connectivity index (χ0n) is 9.94. The van der Waals surface area contributed by atoms with Crippen LogP contribution < -0.4 is 10.2 Å². The fourth-order valence-electron chi connectivity index (χ4n) is 1.71. The molecule has 1 N–H and O–H groups in total. The van der Waals surface area contributed by atoms with Gasteiger partial charge >= 0.3 is 0 Å². The summed E-state index contributed by atoms with van der Waals surface area (Å²) in [7, 11) is 0. The van der Waals surface area contributed by atoms with E-state index in [0.29, 0.717) is 18.9 Å². The van der Waals surface area contributed by atoms with Crippen LogP contribution in [0.25, 0.3) is 0 Å². The average Bonchev–Trinajstić information content (AvgIpc) is 2.27. The maximum absolute atomic E-state index is 11.9. The molecule has 1 amide bonds. The molecule has 1 aliphatic rings. The van der Waals surface area contributed by atoms with Crippen LogP contribution in [0, 0.1) is 12.8 Å². The van der Waals surface area contributed by atoms with Crippen LogP contribution in [0.4, 0.5) is 14.6 Å². The van der Waals surface area contributed by atoms with E-state index < -0.39 is 13.0 Å². The molecule has 0 atom stereocenters. The highest BCUT2D eigenvalue weighted by molar-refractivity contribution is 5.81. The number of anilines is 1. The maximum Gasteiger partial charge on any atom is 0.255 e. The van der Waals surface area contributed by atoms with Crippen molar-refractivity contribution in [2.24, 2.45) is 5.92 Å². The van der Waals surface area contributed by atoms with Crippen molar-refractivity contribution in [1.82, 2.24) is 15.5 Å². The molecule has 0 aliphatic carbocycles. The number of rotatable bonds is 4. The quantitative estimate of drug-likeness (QED) is 0.857. The highest BCUT2D eigenvalue weighted by Crippen LogP contribution is 2.22. The Morgan fingerprint density at radius 3 is 2.78 bits per heavy atom. The molecule has 1 fully saturated rings. The number of aryl methyl sites for hydroxylation is 1. The van der Waals surface area contributed by atoms with E-state index in [1.807, 2.05) is 24.0 Å². The number of nitrogens with one attached hydrogen (secondary N) is 1. The lowest BCUT2D eigenvalue weighted by atomic mass is 9.99. The molecule has 2 heterocycles. The summed E-state index contributed by atoms with van der Waals surface area (Å²) in [6.45, 7) is 2.24. The van der Waals surface area contributed by atoms with E-state index in [1.165, 1.54) is 0 Å². The van der Waals surface area contributed by atoms with Crippen molar-refractivity contribution in [3.63, 3.8) is 0 Å². The number of carbonyl (C=O) groups is 1. The molecule has 0 radical (unpaired) electrons. The molecule has 5 nitrogen and oxygen atoms in total. The van der Waals surface area contributed by atoms with Gasteiger partial charge in [-0.25, -0.2) is 8.78 Å². The van der Waals surface area contributed by atoms with Crippen LogP contribution in [0.1, 0.15) is 5.69 Å². The van der Waals surface area contributed by atoms with E-state index >= 15 is 0 Å². The Kier molecular flexibility index (Phi) is 3.69. The number of nitrogens with zero attached hydrogens (tertiary/aromatic N) is 3. The first-order valence-corrected chi connectivity index (χ1v) is 5.67. The fourth-order valence-corrected chi connectivity index (χ4v) is 1.71. The molecule has 0 spiro atoms. The number of hydrogen-bond acceptors (Lipinski definition) is 4. The lowest BCUT2D eigenvalue weighted by Gasteiger charge is -2.38. The minimum Gasteiger partial charge on any atom is -0.353 e. The molecule has 0 saturated carbocycles. The minimum atomic E-state index is -2.51. The normalized spacial score (nSPS) is 15.7. The van der Waals surface area contributed by atoms with Crippen molar-refractivity contribution in [2.75, 3.05) is 24.5 Å². The molecule has 1 saturated heterocycles. The monoisotopic (exact) mass is 256 g/mol. The molecule has 1 aromatic rings. The summed E-state index contributed by atoms with van der Waals surface area (Å²) in [5.74, 6) is 0.136. The Hall–Kier alpha value is -1.79. The van der Waals surface area contributed by atoms with Crippen molar-refractivity contribution in [3.8, 4) is 0 Å². The molecule has 0 unspecified atom stereocenters. The van der Waals surface area contributed by atoms with Gasteiger partial charge in [-0.1, -0.05) is 0 Å². The van der Waals surface area contributed by atoms with Gasteiger partial charge in [0.1, 0.15) is 0 Å². The minimum absolute atomic E-state index is 0.244. The van der Waals surface area contributed by atoms with Gasteiger partial charge < -0.3 is 10.2 Å². The Balaban J connectivity index is 1.79. The van der Waals surface area contributed by atoms with Crippen LogP contribution in [0.2, 0.25) is 0 Å². The van der Waals surface area contributed by atoms with Gasteiger partial charge in [-0.3, -0.25) is 4.79 Å². The standard InChI is InChI=1S/C11H14F2N4O/c1-7-2-3-10(16-15-7)17-5-8(6-17)11(18)14-4-9(12)13/h2-3,8-9H,4-6H2,1H3,(H,14,18). The van der Waals surface area contributed by atoms with Crippen LogP contribution >= 0.6 is 0 Å². The highest BCUT2D eigenvalue weighted by atomic mass is 19.3. The predicted molar refractivity (Wildman–Crippen MR) is 61.5 cm³/mol. The summed E-state index contributed by atoms with van der Waals surface area (Å²) in [5, 5.41) is 10.1. The largest absolute Gasteiger partial charge is 0.353 e. The number of hydrogen-bond donors (Lipinski definition) is 1. The van der Waals surface area contributed by atoms with Gasteiger partial charge in [0.25, 0.3) is 6.43 Å². The molecule has 18 heavy (non-hydrogen) atoms. The fraction of sp³-hybridized carbons (Fsp3) is 0.545. The predicted octanol–water partition coefficient (Wildman–Crippen LogP) is 0.603. The van der Waals surface area contributed by atoms with Crippen LogP contribution in [0.5, 0.6) is 0 Å². The van der Waals surface area contributed by atoms with E-state index in [0.717, 1.165) is 5.69 Å². The third kappa shape index (κ3) is 2.91. The lowest BCUT2D eigenvalue weighted by Crippen LogP contribution is -2.54. The second kappa shape index (κ2) is 5.24. The molecule has 0 aromatic carbocycles. The van der Waals surface area contributed by atoms with E-state index in [-0.39, 0.29) is 11.8 Å². The van der Waals surface area contributed by atoms with Crippen molar-refractivity contribution in [1.29, 1.82) is 0 Å². The molecule has 1 aromatic heterocycles. The molecule has 98 valence electrons. The number of alkyl halides is 2. The summed E-state index contributed by atoms with van der Waals surface area (Å²) in [4.78, 5) is 13.3. The SMILES string of the molecule is Cc1ccc(N2CC(C(=O)NCC(F)F)C2)nn1. The van der Waals surface area contributed by atoms with Gasteiger partial charge in [-0.2, -0.15) is 5.10 Å². The summed E-state index contributed by atoms with van der Waals surface area (Å²) >= 11 is 0. The number of halogens is 2. The van der Waals surface area contributed by atoms with Crippen LogP contribution in [-0.2, 0) is 4.79 Å². The molecule has 0 bridgehead atoms. The van der Waals surface area contributed by atoms with Crippen molar-refractivity contribution < 1.29 is 13.6 Å². The summed E-state index contributed by atoms with van der Waals surface area (Å²) in [6.07, 6.45) is -2.51. The first-order valence-electron chi connectivity index (χ1n) is 5.67. The van der Waals surface area contributed by atoms with Gasteiger partial charge in [0.05, 0.1) is 18.2 Å². The van der Waals surface area contributed by atoms with Gasteiger partial charge in [-0.15, -0.1) is 5.10 Å². The smallest absolute Gasteiger partial charge is 0.255 e. The van der Waals surface area contributed by atoms with Crippen LogP contribution in [0.15, 0.2) is 12.1 Å². The van der Waals surface area contributed by atoms with Gasteiger partial charge in [0.15, 0.2) is 5.82 Å². The maximum atomic E-state index is 11.9. The van der Waals surface area contributed by atoms with Crippen molar-refractivity contribution in [3.05, 3.63) is 17.8 Å². The van der Waals surface area contributed by atoms with Crippen molar-refractivity contribution >= 4 is 11.7 Å². The molecule has 7 heteroatoms. The summed E-state index contributed by atoms with van der Waals surface area (Å²) in [6, 6.07) is 3.67. The Morgan fingerprint density at radius 2 is 2.22 bits per heavy atom. The summed E-state index contributed by atoms with van der Waals surface area (Å²) in [5.41, 5.74) is 0.825. The molecular weight excluding hydrogens is 242 g/mol. The third-order valence-corrected chi connectivity index (χ3v) is 2.79. The molecular formula is C11H14F2N4O. The number of amides is 1. The van der Waals surface area contributed by atoms with Gasteiger partial charge in [0, 0.05) is 13.1 Å². The number of aromatic nitrogens is 2. The first kappa shape index (κ1) is 12.7. The van der Waals surface area contributed by atoms with Crippen LogP contribution in [-0.4, -0.2) is 42.2 Å². The lowest BCUT2D eigenvalue weighted by molar-refractivity contribution is -0.126. The summed E-state index contributed by atoms with van der Waals surface area (Å²) < 4.78 is 23.8. The Bertz CT molecular complexity index is 418.